The van der Waals surface area contributed by atoms with Crippen LogP contribution in [0.15, 0.2) is 65.7 Å². The van der Waals surface area contributed by atoms with Crippen LogP contribution in [-0.2, 0) is 0 Å². The van der Waals surface area contributed by atoms with Crippen LogP contribution < -0.4 is 5.32 Å². The molecule has 0 saturated carbocycles. The molecule has 2 aromatic heterocycles. The first-order chi connectivity index (χ1) is 15.7. The van der Waals surface area contributed by atoms with Crippen LogP contribution in [0.1, 0.15) is 33.2 Å². The minimum Gasteiger partial charge on any atom is -0.353 e. The lowest BCUT2D eigenvalue weighted by Gasteiger charge is -2.16. The van der Waals surface area contributed by atoms with E-state index in [1.165, 1.54) is 0 Å². The third-order valence-corrected chi connectivity index (χ3v) is 6.89. The fourth-order valence-corrected chi connectivity index (χ4v) is 5.61. The average molecular weight is 418 g/mol. The first-order valence-electron chi connectivity index (χ1n) is 10.7. The van der Waals surface area contributed by atoms with Crippen molar-refractivity contribution in [2.24, 2.45) is 4.99 Å². The van der Waals surface area contributed by atoms with Crippen LogP contribution in [0, 0.1) is 0 Å². The standard InChI is InChI=1S/C26H18N4O2/c1-27-13-10-11-14(12-13)30-18-9-5-3-7-16(18)20-22-21(25(31)29-26(22)32)19-15-6-2-4-8-17(15)28-23(19)24(20)30/h2-11,13-14,28H,1,12H2,(H,29,31,32)/t13-,14?/m0/s1. The number of aromatic nitrogens is 2. The predicted octanol–water partition coefficient (Wildman–Crippen LogP) is 4.88. The Morgan fingerprint density at radius 1 is 0.906 bits per heavy atom. The lowest BCUT2D eigenvalue weighted by atomic mass is 9.96. The minimum atomic E-state index is -0.338. The summed E-state index contributed by atoms with van der Waals surface area (Å²) in [5, 5.41) is 6.07. The zero-order valence-electron chi connectivity index (χ0n) is 17.1. The van der Waals surface area contributed by atoms with Crippen LogP contribution in [0.3, 0.4) is 0 Å². The fraction of sp³-hybridized carbons (Fsp3) is 0.115. The number of nitrogens with zero attached hydrogens (tertiary/aromatic N) is 2. The van der Waals surface area contributed by atoms with E-state index in [-0.39, 0.29) is 23.9 Å². The number of nitrogens with one attached hydrogen (secondary N) is 2. The molecule has 0 saturated heterocycles. The van der Waals surface area contributed by atoms with Gasteiger partial charge in [0.2, 0.25) is 0 Å². The molecule has 2 atom stereocenters. The summed E-state index contributed by atoms with van der Waals surface area (Å²) in [6, 6.07) is 16.1. The number of hydrogen-bond donors (Lipinski definition) is 2. The summed E-state index contributed by atoms with van der Waals surface area (Å²) >= 11 is 0. The second kappa shape index (κ2) is 5.95. The molecule has 2 aliphatic rings. The van der Waals surface area contributed by atoms with Crippen molar-refractivity contribution >= 4 is 62.1 Å². The highest BCUT2D eigenvalue weighted by molar-refractivity contribution is 6.39. The number of fused-ring (bicyclic) bond motifs is 10. The summed E-state index contributed by atoms with van der Waals surface area (Å²) < 4.78 is 2.29. The van der Waals surface area contributed by atoms with Crippen LogP contribution >= 0.6 is 0 Å². The molecule has 6 heteroatoms. The molecule has 7 rings (SSSR count). The van der Waals surface area contributed by atoms with E-state index in [1.807, 2.05) is 42.5 Å². The van der Waals surface area contributed by atoms with Gasteiger partial charge in [0.25, 0.3) is 11.8 Å². The van der Waals surface area contributed by atoms with Crippen molar-refractivity contribution in [1.82, 2.24) is 14.9 Å². The van der Waals surface area contributed by atoms with Gasteiger partial charge in [0.05, 0.1) is 34.2 Å². The molecule has 3 aromatic carbocycles. The highest BCUT2D eigenvalue weighted by Gasteiger charge is 2.36. The number of aliphatic imine (C=N–C) groups is 1. The van der Waals surface area contributed by atoms with Crippen molar-refractivity contribution in [3.63, 3.8) is 0 Å². The molecule has 1 aliphatic carbocycles. The summed E-state index contributed by atoms with van der Waals surface area (Å²) in [5.41, 5.74) is 4.73. The number of rotatable bonds is 2. The molecule has 2 N–H and O–H groups in total. The molecule has 0 spiro atoms. The first kappa shape index (κ1) is 17.5. The van der Waals surface area contributed by atoms with Crippen molar-refractivity contribution in [1.29, 1.82) is 0 Å². The second-order valence-corrected chi connectivity index (χ2v) is 8.50. The molecule has 0 radical (unpaired) electrons. The predicted molar refractivity (Wildman–Crippen MR) is 127 cm³/mol. The zero-order valence-corrected chi connectivity index (χ0v) is 17.1. The minimum absolute atomic E-state index is 0.0636. The Morgan fingerprint density at radius 2 is 1.62 bits per heavy atom. The Balaban J connectivity index is 1.77. The lowest BCUT2D eigenvalue weighted by molar-refractivity contribution is 0.0880. The van der Waals surface area contributed by atoms with Gasteiger partial charge in [-0.1, -0.05) is 48.6 Å². The number of amides is 2. The number of benzene rings is 3. The number of imide groups is 1. The van der Waals surface area contributed by atoms with Crippen molar-refractivity contribution in [2.75, 3.05) is 0 Å². The molecule has 32 heavy (non-hydrogen) atoms. The Hall–Kier alpha value is -4.19. The molecular formula is C26H18N4O2. The molecule has 1 aliphatic heterocycles. The quantitative estimate of drug-likeness (QED) is 0.243. The largest absolute Gasteiger partial charge is 0.353 e. The van der Waals surface area contributed by atoms with E-state index in [1.54, 1.807) is 0 Å². The Labute approximate surface area is 182 Å². The van der Waals surface area contributed by atoms with Crippen molar-refractivity contribution < 1.29 is 9.59 Å². The van der Waals surface area contributed by atoms with E-state index in [0.717, 1.165) is 50.0 Å². The number of carbonyl (C=O) groups is 2. The number of carbonyl (C=O) groups excluding carboxylic acids is 2. The van der Waals surface area contributed by atoms with Gasteiger partial charge in [0.1, 0.15) is 0 Å². The van der Waals surface area contributed by atoms with Crippen molar-refractivity contribution in [3.05, 3.63) is 71.8 Å². The van der Waals surface area contributed by atoms with Crippen molar-refractivity contribution in [3.8, 4) is 0 Å². The summed E-state index contributed by atoms with van der Waals surface area (Å²) in [5.74, 6) is -0.673. The van der Waals surface area contributed by atoms with Gasteiger partial charge in [-0.3, -0.25) is 19.9 Å². The molecule has 1 unspecified atom stereocenters. The van der Waals surface area contributed by atoms with Crippen molar-refractivity contribution in [2.45, 2.75) is 18.5 Å². The summed E-state index contributed by atoms with van der Waals surface area (Å²) in [7, 11) is 0. The number of hydrogen-bond acceptors (Lipinski definition) is 3. The van der Waals surface area contributed by atoms with Crippen LogP contribution in [0.4, 0.5) is 0 Å². The Kier molecular flexibility index (Phi) is 3.25. The van der Waals surface area contributed by atoms with Gasteiger partial charge >= 0.3 is 0 Å². The van der Waals surface area contributed by atoms with E-state index < -0.39 is 0 Å². The molecule has 154 valence electrons. The van der Waals surface area contributed by atoms with E-state index in [2.05, 4.69) is 44.8 Å². The maximum atomic E-state index is 13.1. The van der Waals surface area contributed by atoms with E-state index in [4.69, 9.17) is 0 Å². The monoisotopic (exact) mass is 418 g/mol. The van der Waals surface area contributed by atoms with Crippen LogP contribution in [-0.4, -0.2) is 34.1 Å². The third-order valence-electron chi connectivity index (χ3n) is 6.89. The van der Waals surface area contributed by atoms with Gasteiger partial charge in [0, 0.05) is 32.6 Å². The van der Waals surface area contributed by atoms with Gasteiger partial charge in [-0.2, -0.15) is 0 Å². The summed E-state index contributed by atoms with van der Waals surface area (Å²) in [6.07, 6.45) is 5.06. The van der Waals surface area contributed by atoms with Crippen LogP contribution in [0.5, 0.6) is 0 Å². The number of para-hydroxylation sites is 2. The first-order valence-corrected chi connectivity index (χ1v) is 10.7. The number of allylic oxidation sites excluding steroid dienone is 1. The Morgan fingerprint density at radius 3 is 2.41 bits per heavy atom. The highest BCUT2D eigenvalue weighted by atomic mass is 16.2. The number of aromatic amines is 1. The molecule has 2 amide bonds. The van der Waals surface area contributed by atoms with E-state index in [0.29, 0.717) is 11.1 Å². The van der Waals surface area contributed by atoms with Gasteiger partial charge in [-0.25, -0.2) is 0 Å². The van der Waals surface area contributed by atoms with Crippen LogP contribution in [0.2, 0.25) is 0 Å². The molecule has 0 bridgehead atoms. The van der Waals surface area contributed by atoms with Gasteiger partial charge in [-0.15, -0.1) is 0 Å². The van der Waals surface area contributed by atoms with Gasteiger partial charge in [-0.05, 0) is 25.3 Å². The van der Waals surface area contributed by atoms with E-state index >= 15 is 0 Å². The summed E-state index contributed by atoms with van der Waals surface area (Å²) in [6.45, 7) is 3.72. The summed E-state index contributed by atoms with van der Waals surface area (Å²) in [4.78, 5) is 33.8. The molecule has 3 heterocycles. The second-order valence-electron chi connectivity index (χ2n) is 8.50. The smallest absolute Gasteiger partial charge is 0.259 e. The fourth-order valence-electron chi connectivity index (χ4n) is 5.61. The van der Waals surface area contributed by atoms with E-state index in [9.17, 15) is 9.59 Å². The SMILES string of the molecule is C=N[C@H]1C=CC(n2c3ccccc3c3c4c(c5c6ccccc6[nH]c5c32)C(=O)NC4=O)C1. The van der Waals surface area contributed by atoms with Gasteiger partial charge < -0.3 is 9.55 Å². The molecular weight excluding hydrogens is 400 g/mol. The topological polar surface area (TPSA) is 79.2 Å². The van der Waals surface area contributed by atoms with Gasteiger partial charge in [0.15, 0.2) is 0 Å². The maximum Gasteiger partial charge on any atom is 0.259 e. The highest BCUT2D eigenvalue weighted by Crippen LogP contribution is 2.45. The molecule has 5 aromatic rings. The normalized spacial score (nSPS) is 20.1. The zero-order chi connectivity index (χ0) is 21.6. The molecule has 6 nitrogen and oxygen atoms in total. The lowest BCUT2D eigenvalue weighted by Crippen LogP contribution is -2.20. The average Bonchev–Trinajstić information content (AvgIpc) is 3.55. The maximum absolute atomic E-state index is 13.1. The molecule has 0 fully saturated rings. The third kappa shape index (κ3) is 2.01. The van der Waals surface area contributed by atoms with Crippen LogP contribution in [0.25, 0.3) is 43.6 Å². The Bertz CT molecular complexity index is 1700. The number of H-pyrrole nitrogens is 1.